The van der Waals surface area contributed by atoms with E-state index in [1.165, 1.54) is 12.1 Å². The number of phenolic OH excluding ortho intramolecular Hbond substituents is 1. The minimum atomic E-state index is -0.362. The summed E-state index contributed by atoms with van der Waals surface area (Å²) in [5.74, 6) is -0.312. The number of aromatic nitrogens is 1. The largest absolute Gasteiger partial charge is 0.506 e. The Balaban J connectivity index is 2.07. The maximum atomic E-state index is 11.9. The quantitative estimate of drug-likeness (QED) is 0.614. The van der Waals surface area contributed by atoms with Gasteiger partial charge in [-0.1, -0.05) is 0 Å². The molecule has 0 saturated heterocycles. The van der Waals surface area contributed by atoms with Crippen molar-refractivity contribution in [2.75, 3.05) is 0 Å². The molecule has 5 nitrogen and oxygen atoms in total. The lowest BCUT2D eigenvalue weighted by Gasteiger charge is -2.04. The molecule has 0 bridgehead atoms. The van der Waals surface area contributed by atoms with E-state index in [2.05, 4.69) is 42.4 Å². The number of amides is 1. The lowest BCUT2D eigenvalue weighted by Crippen LogP contribution is -2.17. The molecule has 1 heterocycles. The van der Waals surface area contributed by atoms with Crippen molar-refractivity contribution in [3.8, 4) is 5.75 Å². The summed E-state index contributed by atoms with van der Waals surface area (Å²) in [5.41, 5.74) is 3.70. The van der Waals surface area contributed by atoms with Gasteiger partial charge in [0.1, 0.15) is 5.75 Å². The van der Waals surface area contributed by atoms with Crippen LogP contribution in [0.1, 0.15) is 15.9 Å². The number of hydrazone groups is 1. The highest BCUT2D eigenvalue weighted by atomic mass is 79.9. The van der Waals surface area contributed by atoms with Crippen LogP contribution in [0.15, 0.2) is 44.6 Å². The van der Waals surface area contributed by atoms with E-state index in [0.29, 0.717) is 14.5 Å². The van der Waals surface area contributed by atoms with Gasteiger partial charge in [-0.15, -0.1) is 0 Å². The van der Waals surface area contributed by atoms with E-state index >= 15 is 0 Å². The summed E-state index contributed by atoms with van der Waals surface area (Å²) in [6.07, 6.45) is 5.32. The fourth-order valence-electron chi connectivity index (χ4n) is 1.53. The summed E-state index contributed by atoms with van der Waals surface area (Å²) in [4.78, 5) is 11.9. The number of nitrogens with one attached hydrogen (secondary N) is 1. The Bertz CT molecular complexity index is 657. The Morgan fingerprint density at radius 2 is 2.05 bits per heavy atom. The van der Waals surface area contributed by atoms with Gasteiger partial charge >= 0.3 is 0 Å². The van der Waals surface area contributed by atoms with Crippen LogP contribution >= 0.6 is 31.9 Å². The van der Waals surface area contributed by atoms with Crippen LogP contribution in [0.4, 0.5) is 0 Å². The number of carbonyl (C=O) groups excluding carboxylic acids is 1. The van der Waals surface area contributed by atoms with Gasteiger partial charge in [0.2, 0.25) is 0 Å². The first-order chi connectivity index (χ1) is 9.47. The lowest BCUT2D eigenvalue weighted by atomic mass is 10.2. The molecule has 0 atom stereocenters. The van der Waals surface area contributed by atoms with Crippen molar-refractivity contribution in [2.24, 2.45) is 12.1 Å². The highest BCUT2D eigenvalue weighted by molar-refractivity contribution is 9.11. The fourth-order valence-corrected chi connectivity index (χ4v) is 2.71. The second-order valence-electron chi connectivity index (χ2n) is 4.10. The van der Waals surface area contributed by atoms with Crippen molar-refractivity contribution in [1.29, 1.82) is 0 Å². The van der Waals surface area contributed by atoms with Crippen molar-refractivity contribution < 1.29 is 9.90 Å². The zero-order chi connectivity index (χ0) is 14.7. The molecule has 0 aliphatic heterocycles. The normalized spacial score (nSPS) is 10.9. The average molecular weight is 401 g/mol. The van der Waals surface area contributed by atoms with Gasteiger partial charge in [-0.2, -0.15) is 5.10 Å². The Morgan fingerprint density at radius 1 is 1.40 bits per heavy atom. The van der Waals surface area contributed by atoms with Gasteiger partial charge in [0.25, 0.3) is 5.91 Å². The smallest absolute Gasteiger partial charge is 0.271 e. The van der Waals surface area contributed by atoms with Gasteiger partial charge in [-0.25, -0.2) is 5.43 Å². The van der Waals surface area contributed by atoms with Crippen LogP contribution in [-0.4, -0.2) is 21.8 Å². The summed E-state index contributed by atoms with van der Waals surface area (Å²) in [7, 11) is 1.90. The molecule has 0 aliphatic carbocycles. The standard InChI is InChI=1S/C13H11Br2N3O2/c1-18-3-2-8(7-18)6-16-17-13(20)9-4-10(14)12(19)11(15)5-9/h2-7,19H,1H3,(H,17,20)/b16-6-. The Labute approximate surface area is 132 Å². The maximum Gasteiger partial charge on any atom is 0.271 e. The van der Waals surface area contributed by atoms with E-state index < -0.39 is 0 Å². The van der Waals surface area contributed by atoms with Gasteiger partial charge in [0.15, 0.2) is 0 Å². The average Bonchev–Trinajstić information content (AvgIpc) is 2.81. The highest BCUT2D eigenvalue weighted by Crippen LogP contribution is 2.33. The lowest BCUT2D eigenvalue weighted by molar-refractivity contribution is 0.0955. The second-order valence-corrected chi connectivity index (χ2v) is 5.81. The summed E-state index contributed by atoms with van der Waals surface area (Å²) >= 11 is 6.34. The Morgan fingerprint density at radius 3 is 2.60 bits per heavy atom. The van der Waals surface area contributed by atoms with E-state index in [1.54, 1.807) is 6.21 Å². The van der Waals surface area contributed by atoms with Crippen LogP contribution in [-0.2, 0) is 7.05 Å². The minimum Gasteiger partial charge on any atom is -0.506 e. The molecule has 0 fully saturated rings. The topological polar surface area (TPSA) is 66.6 Å². The molecule has 0 radical (unpaired) electrons. The molecule has 0 saturated carbocycles. The number of aryl methyl sites for hydroxylation is 1. The van der Waals surface area contributed by atoms with Crippen molar-refractivity contribution in [1.82, 2.24) is 9.99 Å². The third-order valence-electron chi connectivity index (χ3n) is 2.51. The minimum absolute atomic E-state index is 0.0503. The molecule has 1 amide bonds. The third kappa shape index (κ3) is 3.49. The first kappa shape index (κ1) is 14.8. The molecule has 2 aromatic rings. The molecular weight excluding hydrogens is 390 g/mol. The number of hydrogen-bond acceptors (Lipinski definition) is 3. The van der Waals surface area contributed by atoms with E-state index in [0.717, 1.165) is 5.56 Å². The molecule has 0 unspecified atom stereocenters. The first-order valence-electron chi connectivity index (χ1n) is 5.61. The van der Waals surface area contributed by atoms with E-state index in [9.17, 15) is 9.90 Å². The third-order valence-corrected chi connectivity index (χ3v) is 3.72. The van der Waals surface area contributed by atoms with Crippen molar-refractivity contribution in [3.63, 3.8) is 0 Å². The van der Waals surface area contributed by atoms with Crippen molar-refractivity contribution in [2.45, 2.75) is 0 Å². The number of phenols is 1. The van der Waals surface area contributed by atoms with Crippen LogP contribution in [0, 0.1) is 0 Å². The van der Waals surface area contributed by atoms with Crippen LogP contribution in [0.3, 0.4) is 0 Å². The zero-order valence-electron chi connectivity index (χ0n) is 10.5. The fraction of sp³-hybridized carbons (Fsp3) is 0.0769. The first-order valence-corrected chi connectivity index (χ1v) is 7.19. The number of rotatable bonds is 3. The number of halogens is 2. The maximum absolute atomic E-state index is 11.9. The number of benzene rings is 1. The van der Waals surface area contributed by atoms with Crippen molar-refractivity contribution in [3.05, 3.63) is 50.7 Å². The summed E-state index contributed by atoms with van der Waals surface area (Å²) in [6, 6.07) is 4.92. The molecule has 104 valence electrons. The predicted octanol–water partition coefficient (Wildman–Crippen LogP) is 3.02. The molecule has 0 aliphatic rings. The molecule has 2 rings (SSSR count). The summed E-state index contributed by atoms with van der Waals surface area (Å²) in [5, 5.41) is 13.5. The number of carbonyl (C=O) groups is 1. The van der Waals surface area contributed by atoms with Gasteiger partial charge in [-0.3, -0.25) is 4.79 Å². The molecular formula is C13H11Br2N3O2. The van der Waals surface area contributed by atoms with Gasteiger partial charge in [-0.05, 0) is 50.1 Å². The molecule has 0 spiro atoms. The van der Waals surface area contributed by atoms with Crippen LogP contribution in [0.2, 0.25) is 0 Å². The highest BCUT2D eigenvalue weighted by Gasteiger charge is 2.11. The predicted molar refractivity (Wildman–Crippen MR) is 84.0 cm³/mol. The molecule has 1 aromatic heterocycles. The number of nitrogens with zero attached hydrogens (tertiary/aromatic N) is 2. The van der Waals surface area contributed by atoms with Crippen molar-refractivity contribution >= 4 is 44.0 Å². The van der Waals surface area contributed by atoms with E-state index in [4.69, 9.17) is 0 Å². The Hall–Kier alpha value is -1.60. The van der Waals surface area contributed by atoms with Gasteiger partial charge < -0.3 is 9.67 Å². The monoisotopic (exact) mass is 399 g/mol. The number of hydrogen-bond donors (Lipinski definition) is 2. The number of aromatic hydroxyl groups is 1. The second kappa shape index (κ2) is 6.23. The van der Waals surface area contributed by atoms with Crippen LogP contribution in [0.5, 0.6) is 5.75 Å². The van der Waals surface area contributed by atoms with Crippen LogP contribution < -0.4 is 5.43 Å². The molecule has 1 aromatic carbocycles. The zero-order valence-corrected chi connectivity index (χ0v) is 13.6. The molecule has 7 heteroatoms. The molecule has 20 heavy (non-hydrogen) atoms. The summed E-state index contributed by atoms with van der Waals surface area (Å²) in [6.45, 7) is 0. The Kier molecular flexibility index (Phi) is 4.61. The van der Waals surface area contributed by atoms with E-state index in [1.807, 2.05) is 30.1 Å². The van der Waals surface area contributed by atoms with Crippen LogP contribution in [0.25, 0.3) is 0 Å². The SMILES string of the molecule is Cn1ccc(/C=N\NC(=O)c2cc(Br)c(O)c(Br)c2)c1. The van der Waals surface area contributed by atoms with E-state index in [-0.39, 0.29) is 11.7 Å². The molecule has 2 N–H and O–H groups in total. The summed E-state index contributed by atoms with van der Waals surface area (Å²) < 4.78 is 2.75. The van der Waals surface area contributed by atoms with Gasteiger partial charge in [0, 0.05) is 30.6 Å². The van der Waals surface area contributed by atoms with Gasteiger partial charge in [0.05, 0.1) is 15.2 Å².